The van der Waals surface area contributed by atoms with E-state index < -0.39 is 0 Å². The number of carbonyl (C=O) groups is 2. The normalized spacial score (nSPS) is 11.5. The molecule has 1 heterocycles. The second-order valence-corrected chi connectivity index (χ2v) is 8.46. The molecule has 2 aromatic carbocycles. The summed E-state index contributed by atoms with van der Waals surface area (Å²) in [6.45, 7) is 3.32. The smallest absolute Gasteiger partial charge is 0.253 e. The molecule has 2 N–H and O–H groups in total. The second-order valence-electron chi connectivity index (χ2n) is 8.46. The maximum absolute atomic E-state index is 12.7. The predicted molar refractivity (Wildman–Crippen MR) is 132 cm³/mol. The summed E-state index contributed by atoms with van der Waals surface area (Å²) < 4.78 is 0. The third-order valence-electron chi connectivity index (χ3n) is 5.68. The highest BCUT2D eigenvalue weighted by atomic mass is 16.2. The molecule has 5 heteroatoms. The summed E-state index contributed by atoms with van der Waals surface area (Å²) in [7, 11) is 0. The van der Waals surface area contributed by atoms with Gasteiger partial charge in [0.05, 0.1) is 11.1 Å². The number of benzene rings is 2. The lowest BCUT2D eigenvalue weighted by Gasteiger charge is -2.13. The van der Waals surface area contributed by atoms with Crippen LogP contribution in [0.5, 0.6) is 0 Å². The van der Waals surface area contributed by atoms with E-state index in [0.717, 1.165) is 32.1 Å². The molecule has 0 radical (unpaired) electrons. The molecule has 0 aliphatic heterocycles. The molecule has 3 rings (SSSR count). The molecule has 1 atom stereocenters. The number of amides is 2. The molecule has 1 aromatic heterocycles. The summed E-state index contributed by atoms with van der Waals surface area (Å²) in [5.41, 5.74) is 3.28. The molecule has 0 aliphatic rings. The van der Waals surface area contributed by atoms with E-state index in [0.29, 0.717) is 30.1 Å². The summed E-state index contributed by atoms with van der Waals surface area (Å²) in [5.74, 6) is -0.0484. The van der Waals surface area contributed by atoms with E-state index in [4.69, 9.17) is 0 Å². The average molecular weight is 444 g/mol. The summed E-state index contributed by atoms with van der Waals surface area (Å²) in [6.07, 6.45) is 7.71. The van der Waals surface area contributed by atoms with Gasteiger partial charge in [-0.15, -0.1) is 0 Å². The number of nitrogens with zero attached hydrogens (tertiary/aromatic N) is 1. The van der Waals surface area contributed by atoms with Crippen LogP contribution >= 0.6 is 0 Å². The minimum atomic E-state index is -0.259. The summed E-state index contributed by atoms with van der Waals surface area (Å²) in [4.78, 5) is 29.4. The monoisotopic (exact) mass is 443 g/mol. The lowest BCUT2D eigenvalue weighted by Crippen LogP contribution is -2.31. The third-order valence-corrected chi connectivity index (χ3v) is 5.68. The Balaban J connectivity index is 1.42. The average Bonchev–Trinajstić information content (AvgIpc) is 2.85. The molecule has 0 fully saturated rings. The van der Waals surface area contributed by atoms with E-state index in [1.54, 1.807) is 12.3 Å². The Morgan fingerprint density at radius 2 is 1.42 bits per heavy atom. The van der Waals surface area contributed by atoms with Gasteiger partial charge in [0.25, 0.3) is 11.8 Å². The largest absolute Gasteiger partial charge is 0.352 e. The Bertz CT molecular complexity index is 1010. The molecule has 0 aliphatic carbocycles. The fourth-order valence-corrected chi connectivity index (χ4v) is 3.82. The second kappa shape index (κ2) is 13.2. The van der Waals surface area contributed by atoms with Gasteiger partial charge in [0.2, 0.25) is 0 Å². The number of aryl methyl sites for hydroxylation is 1. The number of pyridine rings is 1. The van der Waals surface area contributed by atoms with Gasteiger partial charge in [0.15, 0.2) is 0 Å². The molecule has 5 nitrogen and oxygen atoms in total. The molecule has 3 aromatic rings. The van der Waals surface area contributed by atoms with Crippen LogP contribution < -0.4 is 10.6 Å². The van der Waals surface area contributed by atoms with Crippen LogP contribution in [0, 0.1) is 5.92 Å². The van der Waals surface area contributed by atoms with Gasteiger partial charge >= 0.3 is 0 Å². The number of unbranched alkanes of at least 4 members (excludes halogenated alkanes) is 1. The highest BCUT2D eigenvalue weighted by Crippen LogP contribution is 2.12. The third kappa shape index (κ3) is 8.19. The van der Waals surface area contributed by atoms with E-state index in [2.05, 4.69) is 46.8 Å². The highest BCUT2D eigenvalue weighted by Gasteiger charge is 2.17. The van der Waals surface area contributed by atoms with Crippen molar-refractivity contribution >= 4 is 11.8 Å². The first kappa shape index (κ1) is 24.2. The van der Waals surface area contributed by atoms with Crippen LogP contribution in [-0.2, 0) is 12.8 Å². The van der Waals surface area contributed by atoms with Crippen LogP contribution in [0.15, 0.2) is 79.1 Å². The van der Waals surface area contributed by atoms with Crippen LogP contribution in [0.4, 0.5) is 0 Å². The maximum Gasteiger partial charge on any atom is 0.253 e. The van der Waals surface area contributed by atoms with Gasteiger partial charge in [-0.3, -0.25) is 14.6 Å². The van der Waals surface area contributed by atoms with Crippen LogP contribution in [0.3, 0.4) is 0 Å². The molecule has 0 saturated carbocycles. The van der Waals surface area contributed by atoms with Crippen molar-refractivity contribution in [1.82, 2.24) is 15.6 Å². The lowest BCUT2D eigenvalue weighted by molar-refractivity contribution is 0.0917. The summed E-state index contributed by atoms with van der Waals surface area (Å²) in [5, 5.41) is 5.88. The van der Waals surface area contributed by atoms with Gasteiger partial charge in [0, 0.05) is 25.5 Å². The summed E-state index contributed by atoms with van der Waals surface area (Å²) in [6, 6.07) is 22.3. The number of hydrogen-bond donors (Lipinski definition) is 2. The molecule has 2 amide bonds. The van der Waals surface area contributed by atoms with Crippen LogP contribution in [0.2, 0.25) is 0 Å². The Hall–Kier alpha value is -3.47. The van der Waals surface area contributed by atoms with Crippen molar-refractivity contribution in [1.29, 1.82) is 0 Å². The quantitative estimate of drug-likeness (QED) is 0.394. The minimum Gasteiger partial charge on any atom is -0.352 e. The number of aromatic nitrogens is 1. The Kier molecular flexibility index (Phi) is 9.64. The lowest BCUT2D eigenvalue weighted by atomic mass is 9.98. The minimum absolute atomic E-state index is 0.237. The van der Waals surface area contributed by atoms with E-state index in [1.807, 2.05) is 36.4 Å². The Morgan fingerprint density at radius 1 is 0.788 bits per heavy atom. The SMILES string of the molecule is CC(CCNC(=O)c1ccncc1C(=O)NCCCCc1ccccc1)Cc1ccccc1. The zero-order valence-corrected chi connectivity index (χ0v) is 19.3. The molecule has 0 bridgehead atoms. The molecule has 172 valence electrons. The van der Waals surface area contributed by atoms with Crippen LogP contribution in [-0.4, -0.2) is 29.9 Å². The fraction of sp³-hybridized carbons (Fsp3) is 0.321. The van der Waals surface area contributed by atoms with Crippen molar-refractivity contribution in [3.63, 3.8) is 0 Å². The first-order chi connectivity index (χ1) is 16.1. The van der Waals surface area contributed by atoms with Crippen molar-refractivity contribution in [2.24, 2.45) is 5.92 Å². The molecule has 1 unspecified atom stereocenters. The van der Waals surface area contributed by atoms with Gasteiger partial charge in [-0.1, -0.05) is 67.6 Å². The van der Waals surface area contributed by atoms with Crippen molar-refractivity contribution < 1.29 is 9.59 Å². The molecular weight excluding hydrogens is 410 g/mol. The number of rotatable bonds is 12. The number of carbonyl (C=O) groups excluding carboxylic acids is 2. The van der Waals surface area contributed by atoms with E-state index in [9.17, 15) is 9.59 Å². The Morgan fingerprint density at radius 3 is 2.15 bits per heavy atom. The van der Waals surface area contributed by atoms with Gasteiger partial charge < -0.3 is 10.6 Å². The van der Waals surface area contributed by atoms with Gasteiger partial charge in [-0.2, -0.15) is 0 Å². The van der Waals surface area contributed by atoms with Gasteiger partial charge in [0.1, 0.15) is 0 Å². The standard InChI is InChI=1S/C28H33N3O2/c1-22(20-24-13-6-3-7-14-24)15-19-31-27(32)25-16-18-29-21-26(25)28(33)30-17-9-8-12-23-10-4-2-5-11-23/h2-7,10-11,13-14,16,18,21-22H,8-9,12,15,17,19-20H2,1H3,(H,30,33)(H,31,32). The molecule has 33 heavy (non-hydrogen) atoms. The highest BCUT2D eigenvalue weighted by molar-refractivity contribution is 6.06. The van der Waals surface area contributed by atoms with Crippen LogP contribution in [0.25, 0.3) is 0 Å². The first-order valence-electron chi connectivity index (χ1n) is 11.7. The van der Waals surface area contributed by atoms with E-state index in [-0.39, 0.29) is 11.8 Å². The van der Waals surface area contributed by atoms with E-state index in [1.165, 1.54) is 17.3 Å². The van der Waals surface area contributed by atoms with Crippen LogP contribution in [0.1, 0.15) is 58.0 Å². The van der Waals surface area contributed by atoms with Crippen molar-refractivity contribution in [3.05, 3.63) is 101 Å². The van der Waals surface area contributed by atoms with E-state index >= 15 is 0 Å². The number of nitrogens with one attached hydrogen (secondary N) is 2. The number of hydrogen-bond acceptors (Lipinski definition) is 3. The van der Waals surface area contributed by atoms with Crippen molar-refractivity contribution in [3.8, 4) is 0 Å². The molecule has 0 spiro atoms. The Labute approximate surface area is 196 Å². The summed E-state index contributed by atoms with van der Waals surface area (Å²) >= 11 is 0. The zero-order valence-electron chi connectivity index (χ0n) is 19.3. The first-order valence-corrected chi connectivity index (χ1v) is 11.7. The van der Waals surface area contributed by atoms with Crippen molar-refractivity contribution in [2.75, 3.05) is 13.1 Å². The fourth-order valence-electron chi connectivity index (χ4n) is 3.82. The zero-order chi connectivity index (χ0) is 23.3. The van der Waals surface area contributed by atoms with Gasteiger partial charge in [-0.25, -0.2) is 0 Å². The van der Waals surface area contributed by atoms with Gasteiger partial charge in [-0.05, 0) is 55.2 Å². The predicted octanol–water partition coefficient (Wildman–Crippen LogP) is 4.83. The molecule has 0 saturated heterocycles. The molecular formula is C28H33N3O2. The van der Waals surface area contributed by atoms with Crippen molar-refractivity contribution in [2.45, 2.75) is 39.0 Å². The topological polar surface area (TPSA) is 71.1 Å². The maximum atomic E-state index is 12.7.